The Morgan fingerprint density at radius 2 is 1.88 bits per heavy atom. The number of nitrogens with one attached hydrogen (secondary N) is 1. The average molecular weight is 350 g/mol. The van der Waals surface area contributed by atoms with Crippen LogP contribution in [0.3, 0.4) is 0 Å². The minimum Gasteiger partial charge on any atom is -0.482 e. The Balaban J connectivity index is 2.46. The lowest BCUT2D eigenvalue weighted by Crippen LogP contribution is -2.39. The number of ether oxygens (including phenoxy) is 2. The van der Waals surface area contributed by atoms with Crippen molar-refractivity contribution in [1.29, 1.82) is 0 Å². The number of amides is 2. The molecule has 25 heavy (non-hydrogen) atoms. The number of likely N-dealkylation sites (N-methyl/N-ethyl adjacent to an activating group) is 2. The lowest BCUT2D eigenvalue weighted by molar-refractivity contribution is -0.153. The topological polar surface area (TPSA) is 84.9 Å². The van der Waals surface area contributed by atoms with E-state index in [0.29, 0.717) is 11.7 Å². The summed E-state index contributed by atoms with van der Waals surface area (Å²) in [4.78, 5) is 35.9. The fourth-order valence-electron chi connectivity index (χ4n) is 1.94. The van der Waals surface area contributed by atoms with E-state index in [1.54, 1.807) is 0 Å². The van der Waals surface area contributed by atoms with E-state index >= 15 is 0 Å². The molecule has 0 unspecified atom stereocenters. The van der Waals surface area contributed by atoms with E-state index in [0.717, 1.165) is 11.1 Å². The average Bonchev–Trinajstić information content (AvgIpc) is 2.58. The predicted molar refractivity (Wildman–Crippen MR) is 93.4 cm³/mol. The van der Waals surface area contributed by atoms with Crippen molar-refractivity contribution in [2.45, 2.75) is 26.7 Å². The molecule has 0 saturated heterocycles. The van der Waals surface area contributed by atoms with Gasteiger partial charge >= 0.3 is 5.97 Å². The summed E-state index contributed by atoms with van der Waals surface area (Å²) in [5, 5.41) is 2.41. The summed E-state index contributed by atoms with van der Waals surface area (Å²) in [7, 11) is 2.94. The van der Waals surface area contributed by atoms with E-state index in [-0.39, 0.29) is 19.1 Å². The van der Waals surface area contributed by atoms with E-state index < -0.39 is 18.5 Å². The second kappa shape index (κ2) is 9.66. The molecule has 0 spiro atoms. The minimum atomic E-state index is -0.643. The molecule has 0 fully saturated rings. The maximum atomic E-state index is 11.8. The molecular weight excluding hydrogens is 324 g/mol. The Morgan fingerprint density at radius 1 is 1.20 bits per heavy atom. The standard InChI is InChI=1S/C18H26N2O5/c1-12(2)14-7-6-13(3)15(8-14)24-11-18(23)25-10-17(22)20(5)9-16(21)19-4/h6-8,12H,9-11H2,1-5H3,(H,19,21). The number of carbonyl (C=O) groups excluding carboxylic acids is 3. The van der Waals surface area contributed by atoms with Crippen molar-refractivity contribution in [3.05, 3.63) is 29.3 Å². The lowest BCUT2D eigenvalue weighted by Gasteiger charge is -2.16. The molecule has 1 aromatic carbocycles. The molecule has 0 aliphatic rings. The molecule has 1 rings (SSSR count). The first-order valence-corrected chi connectivity index (χ1v) is 8.08. The Hall–Kier alpha value is -2.57. The van der Waals surface area contributed by atoms with Gasteiger partial charge in [-0.05, 0) is 30.0 Å². The normalized spacial score (nSPS) is 10.3. The molecule has 1 aromatic rings. The molecule has 1 N–H and O–H groups in total. The van der Waals surface area contributed by atoms with Gasteiger partial charge in [-0.25, -0.2) is 4.79 Å². The largest absolute Gasteiger partial charge is 0.482 e. The Labute approximate surface area is 148 Å². The molecule has 2 amide bonds. The minimum absolute atomic E-state index is 0.0927. The van der Waals surface area contributed by atoms with Gasteiger partial charge in [-0.2, -0.15) is 0 Å². The SMILES string of the molecule is CNC(=O)CN(C)C(=O)COC(=O)COc1cc(C(C)C)ccc1C. The molecule has 0 saturated carbocycles. The van der Waals surface area contributed by atoms with Crippen LogP contribution in [-0.4, -0.2) is 56.5 Å². The zero-order valence-corrected chi connectivity index (χ0v) is 15.4. The van der Waals surface area contributed by atoms with Crippen molar-refractivity contribution in [1.82, 2.24) is 10.2 Å². The van der Waals surface area contributed by atoms with Crippen LogP contribution in [0.1, 0.15) is 30.9 Å². The number of hydrogen-bond donors (Lipinski definition) is 1. The number of hydrogen-bond acceptors (Lipinski definition) is 5. The first-order chi connectivity index (χ1) is 11.7. The third-order valence-corrected chi connectivity index (χ3v) is 3.67. The van der Waals surface area contributed by atoms with Crippen molar-refractivity contribution in [3.8, 4) is 5.75 Å². The Bertz CT molecular complexity index is 628. The summed E-state index contributed by atoms with van der Waals surface area (Å²) in [5.74, 6) is -0.438. The molecule has 0 heterocycles. The highest BCUT2D eigenvalue weighted by atomic mass is 16.6. The van der Waals surface area contributed by atoms with Gasteiger partial charge < -0.3 is 19.7 Å². The number of nitrogens with zero attached hydrogens (tertiary/aromatic N) is 1. The van der Waals surface area contributed by atoms with Crippen LogP contribution in [0.25, 0.3) is 0 Å². The maximum Gasteiger partial charge on any atom is 0.344 e. The molecule has 7 nitrogen and oxygen atoms in total. The van der Waals surface area contributed by atoms with E-state index in [1.165, 1.54) is 19.0 Å². The molecular formula is C18H26N2O5. The molecule has 7 heteroatoms. The molecule has 0 aromatic heterocycles. The number of benzene rings is 1. The quantitative estimate of drug-likeness (QED) is 0.713. The van der Waals surface area contributed by atoms with Gasteiger partial charge in [0.2, 0.25) is 5.91 Å². The summed E-state index contributed by atoms with van der Waals surface area (Å²) in [5.41, 5.74) is 2.03. The summed E-state index contributed by atoms with van der Waals surface area (Å²) in [6.07, 6.45) is 0. The second-order valence-corrected chi connectivity index (χ2v) is 6.05. The summed E-state index contributed by atoms with van der Waals surface area (Å²) >= 11 is 0. The second-order valence-electron chi connectivity index (χ2n) is 6.05. The summed E-state index contributed by atoms with van der Waals surface area (Å²) in [6, 6.07) is 5.86. The molecule has 0 radical (unpaired) electrons. The van der Waals surface area contributed by atoms with Crippen LogP contribution in [0.2, 0.25) is 0 Å². The molecule has 138 valence electrons. The van der Waals surface area contributed by atoms with E-state index in [4.69, 9.17) is 9.47 Å². The number of esters is 1. The Morgan fingerprint density at radius 3 is 2.48 bits per heavy atom. The highest BCUT2D eigenvalue weighted by Crippen LogP contribution is 2.24. The van der Waals surface area contributed by atoms with Crippen LogP contribution in [0.5, 0.6) is 5.75 Å². The van der Waals surface area contributed by atoms with Crippen molar-refractivity contribution in [2.75, 3.05) is 33.9 Å². The molecule has 0 aliphatic heterocycles. The third kappa shape index (κ3) is 6.82. The van der Waals surface area contributed by atoms with E-state index in [1.807, 2.05) is 25.1 Å². The Kier molecular flexibility index (Phi) is 7.91. The maximum absolute atomic E-state index is 11.8. The van der Waals surface area contributed by atoms with Crippen molar-refractivity contribution < 1.29 is 23.9 Å². The van der Waals surface area contributed by atoms with Crippen LogP contribution in [-0.2, 0) is 19.1 Å². The highest BCUT2D eigenvalue weighted by Gasteiger charge is 2.15. The summed E-state index contributed by atoms with van der Waals surface area (Å²) in [6.45, 7) is 5.23. The predicted octanol–water partition coefficient (Wildman–Crippen LogP) is 1.24. The zero-order chi connectivity index (χ0) is 19.0. The highest BCUT2D eigenvalue weighted by molar-refractivity contribution is 5.86. The van der Waals surface area contributed by atoms with Crippen LogP contribution >= 0.6 is 0 Å². The molecule has 0 aliphatic carbocycles. The van der Waals surface area contributed by atoms with Gasteiger partial charge in [0.05, 0.1) is 6.54 Å². The monoisotopic (exact) mass is 350 g/mol. The van der Waals surface area contributed by atoms with Crippen molar-refractivity contribution in [2.24, 2.45) is 0 Å². The summed E-state index contributed by atoms with van der Waals surface area (Å²) < 4.78 is 10.4. The number of aryl methyl sites for hydroxylation is 1. The van der Waals surface area contributed by atoms with Gasteiger partial charge in [0.1, 0.15) is 5.75 Å². The van der Waals surface area contributed by atoms with Gasteiger partial charge in [0.15, 0.2) is 13.2 Å². The fourth-order valence-corrected chi connectivity index (χ4v) is 1.94. The fraction of sp³-hybridized carbons (Fsp3) is 0.500. The van der Waals surface area contributed by atoms with Crippen molar-refractivity contribution in [3.63, 3.8) is 0 Å². The third-order valence-electron chi connectivity index (χ3n) is 3.67. The number of rotatable bonds is 8. The van der Waals surface area contributed by atoms with E-state index in [2.05, 4.69) is 19.2 Å². The van der Waals surface area contributed by atoms with Gasteiger partial charge in [0, 0.05) is 14.1 Å². The van der Waals surface area contributed by atoms with Crippen molar-refractivity contribution >= 4 is 17.8 Å². The smallest absolute Gasteiger partial charge is 0.344 e. The van der Waals surface area contributed by atoms with Gasteiger partial charge in [-0.1, -0.05) is 26.0 Å². The van der Waals surface area contributed by atoms with E-state index in [9.17, 15) is 14.4 Å². The lowest BCUT2D eigenvalue weighted by atomic mass is 10.0. The first kappa shape index (κ1) is 20.5. The van der Waals surface area contributed by atoms with Gasteiger partial charge in [-0.15, -0.1) is 0 Å². The first-order valence-electron chi connectivity index (χ1n) is 8.08. The van der Waals surface area contributed by atoms with Gasteiger partial charge in [0.25, 0.3) is 5.91 Å². The molecule has 0 atom stereocenters. The van der Waals surface area contributed by atoms with Crippen LogP contribution in [0.15, 0.2) is 18.2 Å². The van der Waals surface area contributed by atoms with Crippen LogP contribution < -0.4 is 10.1 Å². The van der Waals surface area contributed by atoms with Crippen LogP contribution in [0.4, 0.5) is 0 Å². The number of carbonyl (C=O) groups is 3. The van der Waals surface area contributed by atoms with Crippen LogP contribution in [0, 0.1) is 6.92 Å². The zero-order valence-electron chi connectivity index (χ0n) is 15.4. The molecule has 0 bridgehead atoms. The van der Waals surface area contributed by atoms with Gasteiger partial charge in [-0.3, -0.25) is 9.59 Å².